The molecule has 22 heavy (non-hydrogen) atoms. The standard InChI is InChI=1S/C20H30O2/c1-12(2)18-13-6-9-16-19(3,4)17(22)10-11-20(16,5)14(13)7-8-15(18)21/h7-8,12,16-17,21-22H,6,9-11H2,1-5H3/t16-,17-,20+/m1/s1. The Bertz CT molecular complexity index is 588. The Labute approximate surface area is 134 Å². The van der Waals surface area contributed by atoms with E-state index in [1.807, 2.05) is 6.07 Å². The second-order valence-electron chi connectivity index (χ2n) is 8.56. The van der Waals surface area contributed by atoms with E-state index in [0.717, 1.165) is 31.2 Å². The van der Waals surface area contributed by atoms with E-state index < -0.39 is 0 Å². The van der Waals surface area contributed by atoms with Crippen LogP contribution >= 0.6 is 0 Å². The van der Waals surface area contributed by atoms with Crippen molar-refractivity contribution in [2.45, 2.75) is 77.7 Å². The summed E-state index contributed by atoms with van der Waals surface area (Å²) in [5.74, 6) is 1.30. The van der Waals surface area contributed by atoms with Crippen LogP contribution in [0.15, 0.2) is 12.1 Å². The van der Waals surface area contributed by atoms with E-state index in [4.69, 9.17) is 0 Å². The van der Waals surface area contributed by atoms with E-state index in [0.29, 0.717) is 17.6 Å². The van der Waals surface area contributed by atoms with Gasteiger partial charge in [-0.1, -0.05) is 40.7 Å². The lowest BCUT2D eigenvalue weighted by Crippen LogP contribution is -2.54. The fraction of sp³-hybridized carbons (Fsp3) is 0.700. The average molecular weight is 302 g/mol. The number of phenolic OH excluding ortho intramolecular Hbond substituents is 1. The molecule has 2 aliphatic carbocycles. The highest BCUT2D eigenvalue weighted by atomic mass is 16.3. The van der Waals surface area contributed by atoms with Crippen molar-refractivity contribution in [3.8, 4) is 5.75 Å². The van der Waals surface area contributed by atoms with Crippen LogP contribution in [0, 0.1) is 11.3 Å². The Hall–Kier alpha value is -1.02. The van der Waals surface area contributed by atoms with E-state index in [9.17, 15) is 10.2 Å². The molecular weight excluding hydrogens is 272 g/mol. The zero-order valence-corrected chi connectivity index (χ0v) is 14.6. The van der Waals surface area contributed by atoms with Gasteiger partial charge in [-0.25, -0.2) is 0 Å². The van der Waals surface area contributed by atoms with E-state index in [1.54, 1.807) is 0 Å². The number of rotatable bonds is 1. The number of phenols is 1. The van der Waals surface area contributed by atoms with Gasteiger partial charge in [0.1, 0.15) is 5.75 Å². The Morgan fingerprint density at radius 1 is 1.14 bits per heavy atom. The van der Waals surface area contributed by atoms with Crippen molar-refractivity contribution < 1.29 is 10.2 Å². The van der Waals surface area contributed by atoms with Crippen LogP contribution < -0.4 is 0 Å². The maximum absolute atomic E-state index is 10.5. The molecule has 2 N–H and O–H groups in total. The molecule has 0 heterocycles. The van der Waals surface area contributed by atoms with Gasteiger partial charge in [-0.2, -0.15) is 0 Å². The minimum atomic E-state index is -0.200. The molecule has 0 aromatic heterocycles. The molecule has 2 heteroatoms. The topological polar surface area (TPSA) is 40.5 Å². The van der Waals surface area contributed by atoms with Crippen molar-refractivity contribution in [1.29, 1.82) is 0 Å². The second-order valence-corrected chi connectivity index (χ2v) is 8.56. The quantitative estimate of drug-likeness (QED) is 0.801. The predicted octanol–water partition coefficient (Wildman–Crippen LogP) is 4.52. The van der Waals surface area contributed by atoms with Crippen LogP contribution in [0.5, 0.6) is 5.75 Å². The summed E-state index contributed by atoms with van der Waals surface area (Å²) in [7, 11) is 0. The highest BCUT2D eigenvalue weighted by molar-refractivity contribution is 5.51. The maximum Gasteiger partial charge on any atom is 0.119 e. The van der Waals surface area contributed by atoms with E-state index in [2.05, 4.69) is 40.7 Å². The number of hydrogen-bond acceptors (Lipinski definition) is 2. The predicted molar refractivity (Wildman–Crippen MR) is 90.4 cm³/mol. The van der Waals surface area contributed by atoms with Gasteiger partial charge < -0.3 is 10.2 Å². The molecule has 1 saturated carbocycles. The molecule has 0 bridgehead atoms. The third kappa shape index (κ3) is 2.03. The largest absolute Gasteiger partial charge is 0.508 e. The van der Waals surface area contributed by atoms with Gasteiger partial charge in [0.25, 0.3) is 0 Å². The number of fused-ring (bicyclic) bond motifs is 3. The van der Waals surface area contributed by atoms with Crippen LogP contribution in [0.2, 0.25) is 0 Å². The molecule has 1 fully saturated rings. The SMILES string of the molecule is CC(C)c1c(O)ccc2c1CC[C@@H]1C(C)(C)[C@H](O)CC[C@@]21C. The van der Waals surface area contributed by atoms with Gasteiger partial charge in [0, 0.05) is 0 Å². The van der Waals surface area contributed by atoms with Crippen molar-refractivity contribution in [3.63, 3.8) is 0 Å². The highest BCUT2D eigenvalue weighted by Crippen LogP contribution is 2.58. The van der Waals surface area contributed by atoms with E-state index in [-0.39, 0.29) is 16.9 Å². The second kappa shape index (κ2) is 4.99. The van der Waals surface area contributed by atoms with Gasteiger partial charge in [-0.15, -0.1) is 0 Å². The van der Waals surface area contributed by atoms with Crippen LogP contribution in [0.4, 0.5) is 0 Å². The van der Waals surface area contributed by atoms with E-state index in [1.165, 1.54) is 11.1 Å². The summed E-state index contributed by atoms with van der Waals surface area (Å²) in [5.41, 5.74) is 4.01. The molecular formula is C20H30O2. The van der Waals surface area contributed by atoms with Crippen molar-refractivity contribution in [3.05, 3.63) is 28.8 Å². The summed E-state index contributed by atoms with van der Waals surface area (Å²) in [5, 5.41) is 20.8. The monoisotopic (exact) mass is 302 g/mol. The lowest BCUT2D eigenvalue weighted by molar-refractivity contribution is -0.0731. The molecule has 0 unspecified atom stereocenters. The van der Waals surface area contributed by atoms with Crippen molar-refractivity contribution in [2.75, 3.05) is 0 Å². The van der Waals surface area contributed by atoms with Gasteiger partial charge in [0.15, 0.2) is 0 Å². The van der Waals surface area contributed by atoms with Crippen molar-refractivity contribution >= 4 is 0 Å². The fourth-order valence-electron chi connectivity index (χ4n) is 5.44. The molecule has 1 aromatic rings. The van der Waals surface area contributed by atoms with Crippen LogP contribution in [0.25, 0.3) is 0 Å². The Morgan fingerprint density at radius 3 is 2.45 bits per heavy atom. The Balaban J connectivity index is 2.16. The molecule has 3 atom stereocenters. The first kappa shape index (κ1) is 15.9. The fourth-order valence-corrected chi connectivity index (χ4v) is 5.44. The number of aliphatic hydroxyl groups is 1. The zero-order valence-electron chi connectivity index (χ0n) is 14.6. The average Bonchev–Trinajstić information content (AvgIpc) is 2.42. The Kier molecular flexibility index (Phi) is 3.60. The van der Waals surface area contributed by atoms with Crippen molar-refractivity contribution in [2.24, 2.45) is 11.3 Å². The molecule has 0 saturated heterocycles. The van der Waals surface area contributed by atoms with Crippen LogP contribution in [-0.2, 0) is 11.8 Å². The summed E-state index contributed by atoms with van der Waals surface area (Å²) in [6.07, 6.45) is 3.84. The lowest BCUT2D eigenvalue weighted by atomic mass is 9.49. The molecule has 3 rings (SSSR count). The highest BCUT2D eigenvalue weighted by Gasteiger charge is 2.53. The number of benzene rings is 1. The molecule has 0 aliphatic heterocycles. The smallest absolute Gasteiger partial charge is 0.119 e. The molecule has 1 aromatic carbocycles. The van der Waals surface area contributed by atoms with Gasteiger partial charge >= 0.3 is 0 Å². The molecule has 0 radical (unpaired) electrons. The van der Waals surface area contributed by atoms with Gasteiger partial charge in [-0.3, -0.25) is 0 Å². The van der Waals surface area contributed by atoms with E-state index >= 15 is 0 Å². The molecule has 0 spiro atoms. The third-order valence-electron chi connectivity index (χ3n) is 6.67. The molecule has 2 nitrogen and oxygen atoms in total. The van der Waals surface area contributed by atoms with Gasteiger partial charge in [0.2, 0.25) is 0 Å². The first-order valence-corrected chi connectivity index (χ1v) is 8.73. The lowest BCUT2D eigenvalue weighted by Gasteiger charge is -2.56. The maximum atomic E-state index is 10.5. The summed E-state index contributed by atoms with van der Waals surface area (Å²) < 4.78 is 0. The first-order chi connectivity index (χ1) is 10.2. The normalized spacial score (nSPS) is 33.4. The Morgan fingerprint density at radius 2 is 1.82 bits per heavy atom. The third-order valence-corrected chi connectivity index (χ3v) is 6.67. The number of aliphatic hydroxyl groups excluding tert-OH is 1. The molecule has 0 amide bonds. The van der Waals surface area contributed by atoms with Crippen LogP contribution in [-0.4, -0.2) is 16.3 Å². The van der Waals surface area contributed by atoms with Crippen molar-refractivity contribution in [1.82, 2.24) is 0 Å². The summed E-state index contributed by atoms with van der Waals surface area (Å²) in [6.45, 7) is 11.2. The molecule has 122 valence electrons. The summed E-state index contributed by atoms with van der Waals surface area (Å²) in [6, 6.07) is 4.04. The number of hydrogen-bond donors (Lipinski definition) is 2. The van der Waals surface area contributed by atoms with Crippen LogP contribution in [0.1, 0.15) is 76.5 Å². The first-order valence-electron chi connectivity index (χ1n) is 8.73. The summed E-state index contributed by atoms with van der Waals surface area (Å²) >= 11 is 0. The zero-order chi connectivity index (χ0) is 16.3. The van der Waals surface area contributed by atoms with Gasteiger partial charge in [0.05, 0.1) is 6.10 Å². The molecule has 2 aliphatic rings. The minimum Gasteiger partial charge on any atom is -0.508 e. The minimum absolute atomic E-state index is 0.0411. The van der Waals surface area contributed by atoms with Gasteiger partial charge in [-0.05, 0) is 71.1 Å². The van der Waals surface area contributed by atoms with Crippen LogP contribution in [0.3, 0.4) is 0 Å². The number of aromatic hydroxyl groups is 1. The summed E-state index contributed by atoms with van der Waals surface area (Å²) in [4.78, 5) is 0.